The molecule has 7 nitrogen and oxygen atoms in total. The molecule has 1 N–H and O–H groups in total. The maximum Gasteiger partial charge on any atom is 0.224 e. The van der Waals surface area contributed by atoms with Gasteiger partial charge in [-0.2, -0.15) is 0 Å². The molecule has 2 fully saturated rings. The Labute approximate surface area is 255 Å². The predicted molar refractivity (Wildman–Crippen MR) is 170 cm³/mol. The van der Waals surface area contributed by atoms with E-state index in [1.54, 1.807) is 11.3 Å². The Kier molecular flexibility index (Phi) is 12.3. The molecule has 2 atom stereocenters. The van der Waals surface area contributed by atoms with Crippen molar-refractivity contribution >= 4 is 39.0 Å². The van der Waals surface area contributed by atoms with Gasteiger partial charge in [-0.3, -0.25) is 19.3 Å². The van der Waals surface area contributed by atoms with Gasteiger partial charge >= 0.3 is 0 Å². The first-order valence-electron chi connectivity index (χ1n) is 16.0. The fraction of sp³-hybridized carbons (Fsp3) is 0.647. The average molecular weight is 596 g/mol. The average Bonchev–Trinajstić information content (AvgIpc) is 3.64. The monoisotopic (exact) mass is 595 g/mol. The summed E-state index contributed by atoms with van der Waals surface area (Å²) in [7, 11) is 0. The zero-order valence-electron chi connectivity index (χ0n) is 25.8. The number of thiazole rings is 1. The molecule has 0 radical (unpaired) electrons. The zero-order valence-corrected chi connectivity index (χ0v) is 26.6. The number of ether oxygens (including phenoxy) is 1. The van der Waals surface area contributed by atoms with Crippen LogP contribution in [0.25, 0.3) is 10.2 Å². The molecule has 0 unspecified atom stereocenters. The molecule has 1 aromatic heterocycles. The second-order valence-electron chi connectivity index (χ2n) is 12.5. The Morgan fingerprint density at radius 2 is 1.88 bits per heavy atom. The van der Waals surface area contributed by atoms with Crippen LogP contribution in [0.5, 0.6) is 0 Å². The van der Waals surface area contributed by atoms with Crippen molar-refractivity contribution in [1.29, 1.82) is 0 Å². The third-order valence-electron chi connectivity index (χ3n) is 8.77. The Balaban J connectivity index is 1.46. The molecule has 0 bridgehead atoms. The van der Waals surface area contributed by atoms with Gasteiger partial charge in [0.05, 0.1) is 21.1 Å². The van der Waals surface area contributed by atoms with Crippen molar-refractivity contribution < 1.29 is 19.1 Å². The molecular weight excluding hydrogens is 546 g/mol. The Bertz CT molecular complexity index is 1230. The number of aromatic nitrogens is 1. The summed E-state index contributed by atoms with van der Waals surface area (Å²) in [6, 6.07) is 6.22. The molecule has 1 amide bonds. The zero-order chi connectivity index (χ0) is 30.1. The number of hydrogen-bond donors (Lipinski definition) is 1. The van der Waals surface area contributed by atoms with E-state index in [0.717, 1.165) is 47.6 Å². The number of carbonyl (C=O) groups is 3. The molecule has 4 rings (SSSR count). The maximum absolute atomic E-state index is 13.9. The van der Waals surface area contributed by atoms with Gasteiger partial charge in [0.15, 0.2) is 5.78 Å². The van der Waals surface area contributed by atoms with Crippen LogP contribution in [0, 0.1) is 11.8 Å². The second kappa shape index (κ2) is 15.9. The lowest BCUT2D eigenvalue weighted by atomic mass is 9.86. The van der Waals surface area contributed by atoms with Crippen molar-refractivity contribution in [2.75, 3.05) is 32.8 Å². The van der Waals surface area contributed by atoms with E-state index in [1.165, 1.54) is 18.4 Å². The minimum Gasteiger partial charge on any atom is -0.381 e. The highest BCUT2D eigenvalue weighted by Crippen LogP contribution is 2.29. The quantitative estimate of drug-likeness (QED) is 0.231. The maximum atomic E-state index is 13.9. The van der Waals surface area contributed by atoms with E-state index in [-0.39, 0.29) is 35.9 Å². The van der Waals surface area contributed by atoms with Crippen LogP contribution in [0.2, 0.25) is 0 Å². The molecule has 3 heterocycles. The summed E-state index contributed by atoms with van der Waals surface area (Å²) < 4.78 is 6.71. The number of amides is 1. The second-order valence-corrected chi connectivity index (χ2v) is 13.6. The summed E-state index contributed by atoms with van der Waals surface area (Å²) in [5.41, 5.74) is 2.86. The lowest BCUT2D eigenvalue weighted by molar-refractivity contribution is -0.130. The van der Waals surface area contributed by atoms with Gasteiger partial charge < -0.3 is 10.1 Å². The van der Waals surface area contributed by atoms with Gasteiger partial charge in [0.1, 0.15) is 5.78 Å². The number of ketones is 2. The van der Waals surface area contributed by atoms with Gasteiger partial charge in [-0.05, 0) is 81.1 Å². The fourth-order valence-electron chi connectivity index (χ4n) is 6.17. The summed E-state index contributed by atoms with van der Waals surface area (Å²) in [5, 5.41) is 4.20. The smallest absolute Gasteiger partial charge is 0.224 e. The summed E-state index contributed by atoms with van der Waals surface area (Å²) in [5.74, 6) is 0.261. The highest BCUT2D eigenvalue weighted by atomic mass is 32.1. The lowest BCUT2D eigenvalue weighted by Crippen LogP contribution is -2.46. The van der Waals surface area contributed by atoms with Crippen LogP contribution in [-0.2, 0) is 25.5 Å². The normalized spacial score (nSPS) is 17.9. The van der Waals surface area contributed by atoms with Crippen molar-refractivity contribution in [1.82, 2.24) is 15.2 Å². The van der Waals surface area contributed by atoms with Crippen LogP contribution in [0.1, 0.15) is 95.0 Å². The molecule has 0 aliphatic carbocycles. The van der Waals surface area contributed by atoms with Crippen molar-refractivity contribution in [3.8, 4) is 0 Å². The van der Waals surface area contributed by atoms with Gasteiger partial charge in [-0.25, -0.2) is 4.98 Å². The van der Waals surface area contributed by atoms with Gasteiger partial charge in [-0.1, -0.05) is 33.4 Å². The van der Waals surface area contributed by atoms with Crippen LogP contribution in [-0.4, -0.2) is 66.2 Å². The van der Waals surface area contributed by atoms with Gasteiger partial charge in [0, 0.05) is 57.1 Å². The molecule has 2 aromatic rings. The highest BCUT2D eigenvalue weighted by Gasteiger charge is 2.31. The molecular formula is C34H49N3O4S. The number of likely N-dealkylation sites (tertiary alicyclic amines) is 1. The number of Topliss-reactive ketones (excluding diaryl/α,β-unsaturated/α-hetero) is 2. The van der Waals surface area contributed by atoms with Crippen LogP contribution >= 0.6 is 11.3 Å². The molecule has 2 aliphatic rings. The molecule has 42 heavy (non-hydrogen) atoms. The largest absolute Gasteiger partial charge is 0.381 e. The summed E-state index contributed by atoms with van der Waals surface area (Å²) in [4.78, 5) is 46.8. The Morgan fingerprint density at radius 1 is 1.14 bits per heavy atom. The van der Waals surface area contributed by atoms with E-state index >= 15 is 0 Å². The van der Waals surface area contributed by atoms with Crippen LogP contribution in [0.4, 0.5) is 0 Å². The number of nitrogens with zero attached hydrogens (tertiary/aromatic N) is 2. The standard InChI is InChI=1S/C34H49N3O4S/c1-5-8-28(38)19-27(21-33-35-30-10-9-26(23(2)3)20-32(30)42-33)34(40)36-29(25-13-17-41-18-14-25)11-12-31(39)24(4)22-37-15-6-7-16-37/h9-10,20,23,25,27,29H,4-8,11-19,21-22H2,1-3H3,(H,36,40)/t27-,29+/m0/s1. The molecule has 2 aliphatic heterocycles. The third-order valence-corrected chi connectivity index (χ3v) is 9.81. The number of hydrogen-bond acceptors (Lipinski definition) is 7. The predicted octanol–water partition coefficient (Wildman–Crippen LogP) is 6.25. The minimum absolute atomic E-state index is 0.0816. The van der Waals surface area contributed by atoms with E-state index in [1.807, 2.05) is 6.92 Å². The van der Waals surface area contributed by atoms with E-state index in [0.29, 0.717) is 56.9 Å². The number of nitrogens with one attached hydrogen (secondary N) is 1. The number of rotatable bonds is 16. The fourth-order valence-corrected chi connectivity index (χ4v) is 7.26. The molecule has 0 spiro atoms. The summed E-state index contributed by atoms with van der Waals surface area (Å²) in [6.07, 6.45) is 6.87. The minimum atomic E-state index is -0.489. The highest BCUT2D eigenvalue weighted by molar-refractivity contribution is 7.18. The van der Waals surface area contributed by atoms with Crippen LogP contribution in [0.15, 0.2) is 30.4 Å². The Hall–Kier alpha value is -2.42. The van der Waals surface area contributed by atoms with Gasteiger partial charge in [0.2, 0.25) is 5.91 Å². The SMILES string of the molecule is C=C(CN1CCCC1)C(=O)CC[C@@H](NC(=O)[C@@H](CC(=O)CCC)Cc1nc2ccc(C(C)C)cc2s1)C1CCOCC1. The molecule has 8 heteroatoms. The first-order chi connectivity index (χ1) is 20.2. The van der Waals surface area contributed by atoms with E-state index < -0.39 is 5.92 Å². The van der Waals surface area contributed by atoms with E-state index in [9.17, 15) is 14.4 Å². The number of fused-ring (bicyclic) bond motifs is 1. The molecule has 0 saturated carbocycles. The molecule has 230 valence electrons. The van der Waals surface area contributed by atoms with Crippen molar-refractivity contribution in [3.05, 3.63) is 40.9 Å². The van der Waals surface area contributed by atoms with E-state index in [2.05, 4.69) is 48.8 Å². The van der Waals surface area contributed by atoms with Gasteiger partial charge in [0.25, 0.3) is 0 Å². The number of benzene rings is 1. The van der Waals surface area contributed by atoms with E-state index in [4.69, 9.17) is 9.72 Å². The summed E-state index contributed by atoms with van der Waals surface area (Å²) in [6.45, 7) is 14.4. The topological polar surface area (TPSA) is 88.6 Å². The number of carbonyl (C=O) groups excluding carboxylic acids is 3. The van der Waals surface area contributed by atoms with Crippen molar-refractivity contribution in [2.45, 2.75) is 96.9 Å². The van der Waals surface area contributed by atoms with Crippen molar-refractivity contribution in [2.24, 2.45) is 11.8 Å². The van der Waals surface area contributed by atoms with Crippen LogP contribution in [0.3, 0.4) is 0 Å². The van der Waals surface area contributed by atoms with Gasteiger partial charge in [-0.15, -0.1) is 11.3 Å². The van der Waals surface area contributed by atoms with Crippen molar-refractivity contribution in [3.63, 3.8) is 0 Å². The van der Waals surface area contributed by atoms with Crippen LogP contribution < -0.4 is 5.32 Å². The Morgan fingerprint density at radius 3 is 2.57 bits per heavy atom. The first-order valence-corrected chi connectivity index (χ1v) is 16.8. The third kappa shape index (κ3) is 9.29. The summed E-state index contributed by atoms with van der Waals surface area (Å²) >= 11 is 1.61. The molecule has 2 saturated heterocycles. The molecule has 1 aromatic carbocycles. The first kappa shape index (κ1) is 32.5. The lowest BCUT2D eigenvalue weighted by Gasteiger charge is -2.32.